The van der Waals surface area contributed by atoms with E-state index in [0.29, 0.717) is 92.8 Å². The zero-order valence-corrected chi connectivity index (χ0v) is 52.8. The number of aromatic nitrogens is 12. The summed E-state index contributed by atoms with van der Waals surface area (Å²) in [5.74, 6) is 0.0156. The van der Waals surface area contributed by atoms with Gasteiger partial charge in [-0.2, -0.15) is 39.5 Å². The van der Waals surface area contributed by atoms with E-state index >= 15 is 0 Å². The van der Waals surface area contributed by atoms with Crippen LogP contribution in [0.2, 0.25) is 0 Å². The predicted molar refractivity (Wildman–Crippen MR) is 334 cm³/mol. The Morgan fingerprint density at radius 2 is 0.969 bits per heavy atom. The molecule has 12 rings (SSSR count). The maximum atomic E-state index is 13.9. The number of nitrogens with zero attached hydrogens (tertiary/aromatic N) is 15. The number of carbonyl (C=O) groups excluding carboxylic acids is 3. The normalized spacial score (nSPS) is 18.8. The van der Waals surface area contributed by atoms with E-state index < -0.39 is 53.4 Å². The molecule has 0 unspecified atom stereocenters. The third-order valence-electron chi connectivity index (χ3n) is 16.4. The molecule has 21 nitrogen and oxygen atoms in total. The Labute approximate surface area is 554 Å². The first-order valence-electron chi connectivity index (χ1n) is 30.8. The van der Waals surface area contributed by atoms with Crippen molar-refractivity contribution in [3.8, 4) is 46.1 Å². The predicted octanol–water partition coefficient (Wildman–Crippen LogP) is 12.6. The number of benzene rings is 1. The van der Waals surface area contributed by atoms with Crippen LogP contribution in [0.3, 0.4) is 0 Å². The molecule has 8 aromatic heterocycles. The number of amides is 3. The Bertz CT molecular complexity index is 4170. The number of likely N-dealkylation sites (tertiary alicyclic amines) is 3. The molecule has 11 heterocycles. The Kier molecular flexibility index (Phi) is 21.8. The van der Waals surface area contributed by atoms with Crippen LogP contribution in [-0.4, -0.2) is 148 Å². The van der Waals surface area contributed by atoms with E-state index in [1.54, 1.807) is 82.1 Å². The van der Waals surface area contributed by atoms with Crippen molar-refractivity contribution in [1.29, 1.82) is 0 Å². The van der Waals surface area contributed by atoms with Crippen molar-refractivity contribution >= 4 is 23.5 Å². The summed E-state index contributed by atoms with van der Waals surface area (Å²) in [6.07, 6.45) is 5.42. The van der Waals surface area contributed by atoms with Gasteiger partial charge in [0.25, 0.3) is 17.7 Å². The highest BCUT2D eigenvalue weighted by Gasteiger charge is 2.40. The quantitative estimate of drug-likeness (QED) is 0.112. The number of piperidine rings is 3. The fourth-order valence-corrected chi connectivity index (χ4v) is 11.3. The fraction of sp³-hybridized carbons (Fsp3) is 0.328. The first kappa shape index (κ1) is 70.1. The third-order valence-corrected chi connectivity index (χ3v) is 16.4. The molecule has 3 amide bonds. The molecule has 3 saturated heterocycles. The van der Waals surface area contributed by atoms with Gasteiger partial charge in [0.2, 0.25) is 11.8 Å². The topological polar surface area (TPSA) is 246 Å². The van der Waals surface area contributed by atoms with Crippen molar-refractivity contribution in [2.45, 2.75) is 121 Å². The maximum Gasteiger partial charge on any atom is 0.434 e. The third kappa shape index (κ3) is 17.1. The minimum absolute atomic E-state index is 0.0837. The van der Waals surface area contributed by atoms with Gasteiger partial charge >= 0.3 is 18.5 Å². The summed E-state index contributed by atoms with van der Waals surface area (Å²) in [5, 5.41) is 3.08. The van der Waals surface area contributed by atoms with Crippen molar-refractivity contribution in [3.63, 3.8) is 0 Å². The van der Waals surface area contributed by atoms with Crippen LogP contribution in [0.25, 0.3) is 34.3 Å². The SMILES string of the molecule is C[C@H]1[C@H](Nc2cnc(C(F)(F)F)cn2)CCCN1C(=O)c1ccc(F)cc1-c1ncccn1.C[C@H]1[C@H](Oc2ccc(C(F)(F)F)cn2)CCCN1C(=O)c1ncccc1-c1ncccn1.Cc1cnc(-c2ncccn2)c(C(=O)N2CCC[C@@H](Oc3ccc(C(F)(F)F)cn3)[C@@H]2C)c1. The van der Waals surface area contributed by atoms with Crippen LogP contribution in [0, 0.1) is 12.7 Å². The average molecular weight is 1360 g/mol. The maximum absolute atomic E-state index is 13.9. The van der Waals surface area contributed by atoms with E-state index in [1.807, 2.05) is 27.7 Å². The number of nitrogens with one attached hydrogen (secondary N) is 1. The van der Waals surface area contributed by atoms with Gasteiger partial charge in [0.1, 0.15) is 35.2 Å². The van der Waals surface area contributed by atoms with Crippen LogP contribution in [0.4, 0.5) is 49.7 Å². The number of aryl methyl sites for hydroxylation is 1. The van der Waals surface area contributed by atoms with E-state index in [9.17, 15) is 58.3 Å². The summed E-state index contributed by atoms with van der Waals surface area (Å²) in [6, 6.07) is 17.1. The van der Waals surface area contributed by atoms with Crippen molar-refractivity contribution in [1.82, 2.24) is 74.5 Å². The van der Waals surface area contributed by atoms with Gasteiger partial charge in [-0.25, -0.2) is 54.2 Å². The Hall–Kier alpha value is -10.8. The number of hydrogen-bond acceptors (Lipinski definition) is 18. The zero-order chi connectivity index (χ0) is 69.9. The molecule has 1 N–H and O–H groups in total. The number of rotatable bonds is 12. The van der Waals surface area contributed by atoms with Crippen LogP contribution >= 0.6 is 0 Å². The van der Waals surface area contributed by atoms with Gasteiger partial charge in [-0.3, -0.25) is 24.4 Å². The molecule has 1 aromatic carbocycles. The lowest BCUT2D eigenvalue weighted by atomic mass is 9.95. The zero-order valence-electron chi connectivity index (χ0n) is 52.8. The van der Waals surface area contributed by atoms with Gasteiger partial charge in [0, 0.05) is 111 Å². The number of halogens is 10. The minimum atomic E-state index is -4.57. The van der Waals surface area contributed by atoms with Crippen LogP contribution in [0.5, 0.6) is 11.8 Å². The van der Waals surface area contributed by atoms with Gasteiger partial charge in [-0.1, -0.05) is 0 Å². The lowest BCUT2D eigenvalue weighted by Gasteiger charge is -2.40. The lowest BCUT2D eigenvalue weighted by molar-refractivity contribution is -0.141. The highest BCUT2D eigenvalue weighted by molar-refractivity contribution is 6.01. The van der Waals surface area contributed by atoms with E-state index in [-0.39, 0.29) is 82.1 Å². The minimum Gasteiger partial charge on any atom is -0.472 e. The largest absolute Gasteiger partial charge is 0.472 e. The second kappa shape index (κ2) is 30.5. The molecule has 0 bridgehead atoms. The van der Waals surface area contributed by atoms with Crippen LogP contribution in [-0.2, 0) is 18.5 Å². The monoisotopic (exact) mass is 1360 g/mol. The molecule has 6 atom stereocenters. The fourth-order valence-electron chi connectivity index (χ4n) is 11.3. The molecule has 3 aliphatic rings. The second-order valence-electron chi connectivity index (χ2n) is 23.0. The smallest absolute Gasteiger partial charge is 0.434 e. The summed E-state index contributed by atoms with van der Waals surface area (Å²) in [5.41, 5.74) is 0.165. The van der Waals surface area contributed by atoms with E-state index in [2.05, 4.69) is 65.1 Å². The molecule has 0 spiro atoms. The molecular weight excluding hydrogens is 1300 g/mol. The van der Waals surface area contributed by atoms with Gasteiger partial charge in [0.15, 0.2) is 23.2 Å². The summed E-state index contributed by atoms with van der Waals surface area (Å²) in [6.45, 7) is 8.88. The molecule has 3 aliphatic heterocycles. The molecule has 0 radical (unpaired) electrons. The van der Waals surface area contributed by atoms with Gasteiger partial charge < -0.3 is 29.5 Å². The van der Waals surface area contributed by atoms with E-state index in [0.717, 1.165) is 36.3 Å². The molecule has 98 heavy (non-hydrogen) atoms. The molecule has 3 fully saturated rings. The van der Waals surface area contributed by atoms with Gasteiger partial charge in [0.05, 0.1) is 52.3 Å². The number of carbonyl (C=O) groups is 3. The number of anilines is 1. The average Bonchev–Trinajstić information content (AvgIpc) is 0.805. The number of hydrogen-bond donors (Lipinski definition) is 1. The van der Waals surface area contributed by atoms with Crippen LogP contribution in [0.1, 0.15) is 113 Å². The highest BCUT2D eigenvalue weighted by atomic mass is 19.4. The Morgan fingerprint density at radius 3 is 1.48 bits per heavy atom. The molecule has 510 valence electrons. The van der Waals surface area contributed by atoms with Crippen molar-refractivity contribution in [3.05, 3.63) is 198 Å². The standard InChI is InChI=1S/C23H22F3N5O2.C22H20F4N6O.C22H20F3N5O2/c1-14-11-17(20(30-12-14)21-27-8-4-9-28-21)22(32)31-10-3-5-18(15(31)2)33-19-7-6-16(13-29-19)23(24,25)26;1-13-17(31-19-12-29-18(11-30-19)22(24,25)26)4-2-9-32(13)21(33)15-6-5-14(23)10-16(15)20-27-7-3-8-28-20;1-14-17(32-18-8-7-15(13-29-18)22(23,24)25)6-3-12-30(14)21(31)19-16(5-2-9-26-19)20-27-10-4-11-28-20/h4,6-9,11-13,15,18H,3,5,10H2,1-2H3;3,5-8,10-13,17H,2,4,9H2,1H3,(H,30,31);2,4-5,7-11,13-14,17H,3,6,12H2,1H3/t15-,18+;13-,17+;14-,17+/m000/s1. The number of pyridine rings is 4. The van der Waals surface area contributed by atoms with Gasteiger partial charge in [-0.15, -0.1) is 0 Å². The summed E-state index contributed by atoms with van der Waals surface area (Å²) >= 11 is 0. The highest BCUT2D eigenvalue weighted by Crippen LogP contribution is 2.35. The molecule has 0 aliphatic carbocycles. The van der Waals surface area contributed by atoms with Crippen LogP contribution < -0.4 is 14.8 Å². The summed E-state index contributed by atoms with van der Waals surface area (Å²) in [7, 11) is 0. The lowest BCUT2D eigenvalue weighted by Crippen LogP contribution is -2.52. The van der Waals surface area contributed by atoms with E-state index in [4.69, 9.17) is 9.47 Å². The van der Waals surface area contributed by atoms with Crippen molar-refractivity contribution in [2.75, 3.05) is 25.0 Å². The van der Waals surface area contributed by atoms with Crippen molar-refractivity contribution in [2.24, 2.45) is 0 Å². The van der Waals surface area contributed by atoms with E-state index in [1.165, 1.54) is 48.9 Å². The summed E-state index contributed by atoms with van der Waals surface area (Å²) < 4.78 is 140. The number of ether oxygens (including phenoxy) is 2. The Morgan fingerprint density at radius 1 is 0.469 bits per heavy atom. The molecule has 0 saturated carbocycles. The summed E-state index contributed by atoms with van der Waals surface area (Å²) in [4.78, 5) is 94.0. The molecule has 9 aromatic rings. The molecule has 31 heteroatoms. The first-order valence-corrected chi connectivity index (χ1v) is 30.8. The van der Waals surface area contributed by atoms with Crippen molar-refractivity contribution < 1.29 is 67.8 Å². The van der Waals surface area contributed by atoms with Crippen LogP contribution in [0.15, 0.2) is 153 Å². The molecular formula is C67H62F10N16O5. The van der Waals surface area contributed by atoms with Gasteiger partial charge in [-0.05, 0) is 139 Å². The number of alkyl halides is 9. The first-order chi connectivity index (χ1) is 46.8. The Balaban J connectivity index is 0.000000159. The second-order valence-corrected chi connectivity index (χ2v) is 23.0.